The summed E-state index contributed by atoms with van der Waals surface area (Å²) >= 11 is 6.02. The van der Waals surface area contributed by atoms with Gasteiger partial charge in [0.05, 0.1) is 21.7 Å². The molecular formula is C23H28ClN5O5. The fraction of sp³-hybridized carbons (Fsp3) is 0.391. The standard InChI is InChI=1S/C23H28ClN5O5/c1-23(2,14-25-16-5-3-15(4-6-16)20-9-10-22(31)28-27-20)26-12-18(30)13-34-21-11-17(29(32)33)7-8-19(21)24/h3-8,11,18,25-26,30H,9-10,12-14H2,1-2H3,(H,28,31). The van der Waals surface area contributed by atoms with Crippen LogP contribution in [0.25, 0.3) is 0 Å². The van der Waals surface area contributed by atoms with Crippen LogP contribution in [0.4, 0.5) is 11.4 Å². The first-order valence-corrected chi connectivity index (χ1v) is 11.2. The molecule has 0 spiro atoms. The van der Waals surface area contributed by atoms with Crippen molar-refractivity contribution in [3.05, 3.63) is 63.2 Å². The minimum atomic E-state index is -0.842. The summed E-state index contributed by atoms with van der Waals surface area (Å²) in [5, 5.41) is 32.2. The van der Waals surface area contributed by atoms with Crippen LogP contribution in [0.15, 0.2) is 47.6 Å². The fourth-order valence-corrected chi connectivity index (χ4v) is 3.38. The van der Waals surface area contributed by atoms with E-state index in [0.717, 1.165) is 17.0 Å². The number of nitrogens with one attached hydrogen (secondary N) is 3. The molecule has 0 aliphatic carbocycles. The van der Waals surface area contributed by atoms with E-state index in [1.807, 2.05) is 38.1 Å². The van der Waals surface area contributed by atoms with Gasteiger partial charge >= 0.3 is 0 Å². The monoisotopic (exact) mass is 489 g/mol. The van der Waals surface area contributed by atoms with Gasteiger partial charge in [-0.25, -0.2) is 5.43 Å². The molecule has 0 saturated carbocycles. The van der Waals surface area contributed by atoms with Crippen LogP contribution in [0, 0.1) is 10.1 Å². The van der Waals surface area contributed by atoms with Gasteiger partial charge in [-0.2, -0.15) is 5.10 Å². The van der Waals surface area contributed by atoms with Crippen molar-refractivity contribution in [2.45, 2.75) is 38.3 Å². The number of ether oxygens (including phenoxy) is 1. The van der Waals surface area contributed by atoms with Crippen LogP contribution in [-0.2, 0) is 4.79 Å². The summed E-state index contributed by atoms with van der Waals surface area (Å²) in [6.07, 6.45) is 0.216. The van der Waals surface area contributed by atoms with Gasteiger partial charge in [0.1, 0.15) is 18.5 Å². The topological polar surface area (TPSA) is 138 Å². The number of non-ortho nitro benzene ring substituents is 1. The van der Waals surface area contributed by atoms with Crippen LogP contribution in [-0.4, -0.2) is 53.0 Å². The second-order valence-corrected chi connectivity index (χ2v) is 9.03. The van der Waals surface area contributed by atoms with Crippen LogP contribution in [0.2, 0.25) is 5.02 Å². The van der Waals surface area contributed by atoms with Crippen LogP contribution in [0.5, 0.6) is 5.75 Å². The van der Waals surface area contributed by atoms with Crippen molar-refractivity contribution < 1.29 is 19.6 Å². The summed E-state index contributed by atoms with van der Waals surface area (Å²) in [6, 6.07) is 11.7. The molecule has 1 unspecified atom stereocenters. The number of hydrazone groups is 1. The Morgan fingerprint density at radius 3 is 2.65 bits per heavy atom. The molecular weight excluding hydrogens is 462 g/mol. The molecule has 0 fully saturated rings. The van der Waals surface area contributed by atoms with E-state index in [0.29, 0.717) is 19.4 Å². The number of anilines is 1. The number of nitro benzene ring substituents is 1. The molecule has 3 rings (SSSR count). The minimum absolute atomic E-state index is 0.0663. The van der Waals surface area contributed by atoms with E-state index in [1.165, 1.54) is 18.2 Å². The number of aliphatic hydroxyl groups is 1. The third kappa shape index (κ3) is 7.41. The molecule has 34 heavy (non-hydrogen) atoms. The van der Waals surface area contributed by atoms with E-state index in [1.54, 1.807) is 0 Å². The van der Waals surface area contributed by atoms with Gasteiger partial charge in [-0.3, -0.25) is 14.9 Å². The molecule has 2 aromatic carbocycles. The number of carbonyl (C=O) groups is 1. The number of halogens is 1. The predicted molar refractivity (Wildman–Crippen MR) is 131 cm³/mol. The largest absolute Gasteiger partial charge is 0.489 e. The highest BCUT2D eigenvalue weighted by Gasteiger charge is 2.20. The van der Waals surface area contributed by atoms with Crippen molar-refractivity contribution >= 4 is 34.6 Å². The van der Waals surface area contributed by atoms with Gasteiger partial charge in [-0.1, -0.05) is 23.7 Å². The second-order valence-electron chi connectivity index (χ2n) is 8.63. The number of β-amino-alcohol motifs (C(OH)–C–C–N with tert-alkyl or cyclic N) is 1. The first-order valence-electron chi connectivity index (χ1n) is 10.8. The summed E-state index contributed by atoms with van der Waals surface area (Å²) < 4.78 is 5.48. The Balaban J connectivity index is 1.44. The maximum absolute atomic E-state index is 11.2. The van der Waals surface area contributed by atoms with Gasteiger partial charge < -0.3 is 20.5 Å². The number of carbonyl (C=O) groups excluding carboxylic acids is 1. The Labute approximate surface area is 202 Å². The number of aliphatic hydroxyl groups excluding tert-OH is 1. The highest BCUT2D eigenvalue weighted by Crippen LogP contribution is 2.29. The maximum atomic E-state index is 11.2. The molecule has 2 aromatic rings. The SMILES string of the molecule is CC(C)(CNc1ccc(C2=NNC(=O)CC2)cc1)NCC(O)COc1cc([N+](=O)[O-])ccc1Cl. The van der Waals surface area contributed by atoms with Gasteiger partial charge in [0.15, 0.2) is 0 Å². The molecule has 1 aliphatic heterocycles. The van der Waals surface area contributed by atoms with Crippen molar-refractivity contribution in [1.29, 1.82) is 0 Å². The number of rotatable bonds is 11. The lowest BCUT2D eigenvalue weighted by Gasteiger charge is -2.28. The highest BCUT2D eigenvalue weighted by molar-refractivity contribution is 6.32. The molecule has 1 heterocycles. The molecule has 11 heteroatoms. The van der Waals surface area contributed by atoms with Gasteiger partial charge in [0, 0.05) is 43.2 Å². The van der Waals surface area contributed by atoms with Gasteiger partial charge in [-0.05, 0) is 37.6 Å². The Hall–Kier alpha value is -3.21. The second kappa shape index (κ2) is 11.3. The molecule has 0 aromatic heterocycles. The Bertz CT molecular complexity index is 1060. The predicted octanol–water partition coefficient (Wildman–Crippen LogP) is 3.08. The molecule has 10 nitrogen and oxygen atoms in total. The van der Waals surface area contributed by atoms with E-state index in [2.05, 4.69) is 21.2 Å². The molecule has 1 amide bonds. The Kier molecular flexibility index (Phi) is 8.43. The third-order valence-corrected chi connectivity index (χ3v) is 5.54. The summed E-state index contributed by atoms with van der Waals surface area (Å²) in [7, 11) is 0. The fourth-order valence-electron chi connectivity index (χ4n) is 3.20. The third-order valence-electron chi connectivity index (χ3n) is 5.23. The zero-order valence-electron chi connectivity index (χ0n) is 19.0. The average Bonchev–Trinajstić information content (AvgIpc) is 2.82. The molecule has 1 atom stereocenters. The van der Waals surface area contributed by atoms with Crippen LogP contribution in [0.1, 0.15) is 32.3 Å². The van der Waals surface area contributed by atoms with E-state index < -0.39 is 11.0 Å². The van der Waals surface area contributed by atoms with Crippen molar-refractivity contribution in [2.75, 3.05) is 25.0 Å². The number of benzene rings is 2. The molecule has 0 bridgehead atoms. The maximum Gasteiger partial charge on any atom is 0.273 e. The summed E-state index contributed by atoms with van der Waals surface area (Å²) in [6.45, 7) is 4.78. The molecule has 4 N–H and O–H groups in total. The quantitative estimate of drug-likeness (QED) is 0.281. The number of nitro groups is 1. The van der Waals surface area contributed by atoms with E-state index in [-0.39, 0.29) is 41.1 Å². The Morgan fingerprint density at radius 2 is 2.00 bits per heavy atom. The zero-order valence-corrected chi connectivity index (χ0v) is 19.8. The lowest BCUT2D eigenvalue weighted by atomic mass is 10.0. The zero-order chi connectivity index (χ0) is 24.7. The number of hydrogen-bond donors (Lipinski definition) is 4. The summed E-state index contributed by atoms with van der Waals surface area (Å²) in [5.74, 6) is 0.0853. The molecule has 0 radical (unpaired) electrons. The minimum Gasteiger partial charge on any atom is -0.489 e. The van der Waals surface area contributed by atoms with E-state index in [9.17, 15) is 20.0 Å². The number of amides is 1. The average molecular weight is 490 g/mol. The summed E-state index contributed by atoms with van der Waals surface area (Å²) in [4.78, 5) is 21.6. The van der Waals surface area contributed by atoms with Crippen molar-refractivity contribution in [1.82, 2.24) is 10.7 Å². The van der Waals surface area contributed by atoms with Gasteiger partial charge in [0.2, 0.25) is 5.91 Å². The van der Waals surface area contributed by atoms with Crippen LogP contribution in [0.3, 0.4) is 0 Å². The van der Waals surface area contributed by atoms with Crippen LogP contribution < -0.4 is 20.8 Å². The molecule has 182 valence electrons. The first kappa shape index (κ1) is 25.4. The van der Waals surface area contributed by atoms with Crippen LogP contribution >= 0.6 is 11.6 Å². The normalized spacial score (nSPS) is 14.7. The first-order chi connectivity index (χ1) is 16.1. The highest BCUT2D eigenvalue weighted by atomic mass is 35.5. The smallest absolute Gasteiger partial charge is 0.273 e. The van der Waals surface area contributed by atoms with Crippen molar-refractivity contribution in [3.63, 3.8) is 0 Å². The molecule has 0 saturated heterocycles. The van der Waals surface area contributed by atoms with E-state index >= 15 is 0 Å². The van der Waals surface area contributed by atoms with Gasteiger partial charge in [-0.15, -0.1) is 0 Å². The van der Waals surface area contributed by atoms with Crippen molar-refractivity contribution in [2.24, 2.45) is 5.10 Å². The van der Waals surface area contributed by atoms with Gasteiger partial charge in [0.25, 0.3) is 5.69 Å². The lowest BCUT2D eigenvalue weighted by Crippen LogP contribution is -2.49. The lowest BCUT2D eigenvalue weighted by molar-refractivity contribution is -0.384. The Morgan fingerprint density at radius 1 is 1.26 bits per heavy atom. The number of nitrogens with zero attached hydrogens (tertiary/aromatic N) is 2. The van der Waals surface area contributed by atoms with E-state index in [4.69, 9.17) is 16.3 Å². The molecule has 1 aliphatic rings. The summed E-state index contributed by atoms with van der Waals surface area (Å²) in [5.41, 5.74) is 4.78. The van der Waals surface area contributed by atoms with Crippen molar-refractivity contribution in [3.8, 4) is 5.75 Å². The number of hydrogen-bond acceptors (Lipinski definition) is 8.